The number of allylic oxidation sites excluding steroid dienone is 5. The summed E-state index contributed by atoms with van der Waals surface area (Å²) in [6, 6.07) is 0.867. The first-order valence-corrected chi connectivity index (χ1v) is 15.8. The molecule has 3 N–H and O–H groups in total. The van der Waals surface area contributed by atoms with Gasteiger partial charge in [-0.2, -0.15) is 0 Å². The number of fused-ring (bicyclic) bond motifs is 1. The predicted octanol–water partition coefficient (Wildman–Crippen LogP) is 5.83. The van der Waals surface area contributed by atoms with E-state index in [0.29, 0.717) is 45.3 Å². The Hall–Kier alpha value is -4.48. The quantitative estimate of drug-likeness (QED) is 0.251. The number of carbonyl (C=O) groups excluding carboxylic acids is 2. The molecule has 4 aliphatic rings. The number of hydrogen-bond acceptors (Lipinski definition) is 6. The van der Waals surface area contributed by atoms with Crippen LogP contribution in [-0.2, 0) is 14.3 Å². The summed E-state index contributed by atoms with van der Waals surface area (Å²) in [4.78, 5) is 41.1. The van der Waals surface area contributed by atoms with Gasteiger partial charge in [-0.3, -0.25) is 10.1 Å². The van der Waals surface area contributed by atoms with E-state index in [1.165, 1.54) is 12.2 Å². The molecule has 3 unspecified atom stereocenters. The second-order valence-electron chi connectivity index (χ2n) is 13.7. The normalized spacial score (nSPS) is 23.8. The van der Waals surface area contributed by atoms with E-state index in [-0.39, 0.29) is 28.7 Å². The molecule has 12 heteroatoms. The number of halogens is 3. The molecule has 3 atom stereocenters. The monoisotopic (exact) mass is 654 g/mol. The van der Waals surface area contributed by atoms with Crippen molar-refractivity contribution in [2.24, 2.45) is 17.3 Å². The van der Waals surface area contributed by atoms with Crippen molar-refractivity contribution in [3.63, 3.8) is 0 Å². The largest absolute Gasteiger partial charge is 0.480 e. The number of nitrogens with zero attached hydrogens (tertiary/aromatic N) is 2. The third-order valence-electron chi connectivity index (χ3n) is 9.21. The van der Waals surface area contributed by atoms with E-state index in [2.05, 4.69) is 17.6 Å². The van der Waals surface area contributed by atoms with E-state index < -0.39 is 41.2 Å². The topological polar surface area (TPSA) is 111 Å². The average molecular weight is 655 g/mol. The van der Waals surface area contributed by atoms with Gasteiger partial charge in [0, 0.05) is 61.1 Å². The summed E-state index contributed by atoms with van der Waals surface area (Å²) in [5.41, 5.74) is 2.00. The number of amides is 2. The maximum Gasteiger partial charge on any atom is 0.411 e. The highest BCUT2D eigenvalue weighted by atomic mass is 19.2. The van der Waals surface area contributed by atoms with E-state index >= 15 is 0 Å². The zero-order valence-corrected chi connectivity index (χ0v) is 27.0. The minimum atomic E-state index is -1.57. The molecule has 0 saturated carbocycles. The Balaban J connectivity index is 1.18. The summed E-state index contributed by atoms with van der Waals surface area (Å²) in [7, 11) is 0. The Bertz CT molecular complexity index is 1560. The van der Waals surface area contributed by atoms with Crippen molar-refractivity contribution in [3.05, 3.63) is 88.8 Å². The van der Waals surface area contributed by atoms with E-state index in [1.54, 1.807) is 4.90 Å². The number of alkyl carbamates (subject to hydrolysis) is 1. The van der Waals surface area contributed by atoms with Gasteiger partial charge in [-0.25, -0.2) is 22.8 Å². The van der Waals surface area contributed by atoms with Crippen LogP contribution >= 0.6 is 0 Å². The van der Waals surface area contributed by atoms with Crippen molar-refractivity contribution in [1.82, 2.24) is 20.4 Å². The van der Waals surface area contributed by atoms with Gasteiger partial charge in [0.25, 0.3) is 0 Å². The Morgan fingerprint density at radius 3 is 2.36 bits per heavy atom. The molecule has 0 bridgehead atoms. The van der Waals surface area contributed by atoms with Gasteiger partial charge in [-0.15, -0.1) is 0 Å². The summed E-state index contributed by atoms with van der Waals surface area (Å²) < 4.78 is 45.7. The molecule has 9 nitrogen and oxygen atoms in total. The van der Waals surface area contributed by atoms with Crippen LogP contribution in [0.25, 0.3) is 6.08 Å². The molecule has 0 aromatic heterocycles. The van der Waals surface area contributed by atoms with E-state index in [4.69, 9.17) is 4.74 Å². The Morgan fingerprint density at radius 2 is 1.77 bits per heavy atom. The van der Waals surface area contributed by atoms with Crippen LogP contribution in [0.3, 0.4) is 0 Å². The lowest BCUT2D eigenvalue weighted by Gasteiger charge is -2.41. The van der Waals surface area contributed by atoms with Gasteiger partial charge in [0.1, 0.15) is 11.6 Å². The minimum Gasteiger partial charge on any atom is -0.480 e. The van der Waals surface area contributed by atoms with Crippen molar-refractivity contribution < 1.29 is 37.4 Å². The molecular weight excluding hydrogens is 613 g/mol. The maximum absolute atomic E-state index is 13.5. The number of ether oxygens (including phenoxy) is 1. The van der Waals surface area contributed by atoms with Gasteiger partial charge in [0.05, 0.1) is 0 Å². The van der Waals surface area contributed by atoms with Crippen LogP contribution in [0.5, 0.6) is 0 Å². The summed E-state index contributed by atoms with van der Waals surface area (Å²) in [6.07, 6.45) is 13.9. The average Bonchev–Trinajstić information content (AvgIpc) is 3.34. The molecule has 1 aromatic rings. The van der Waals surface area contributed by atoms with Crippen LogP contribution in [0.15, 0.2) is 65.8 Å². The van der Waals surface area contributed by atoms with Crippen molar-refractivity contribution in [2.45, 2.75) is 65.0 Å². The number of rotatable bonds is 7. The zero-order valence-electron chi connectivity index (χ0n) is 27.0. The molecule has 1 fully saturated rings. The number of hydrogen-bond donors (Lipinski definition) is 3. The number of benzene rings is 1. The van der Waals surface area contributed by atoms with E-state index in [9.17, 15) is 32.7 Å². The first-order valence-electron chi connectivity index (χ1n) is 15.8. The summed E-state index contributed by atoms with van der Waals surface area (Å²) in [6.45, 7) is 8.78. The van der Waals surface area contributed by atoms with Gasteiger partial charge < -0.3 is 25.0 Å². The highest BCUT2D eigenvalue weighted by molar-refractivity contribution is 5.91. The second-order valence-corrected chi connectivity index (χ2v) is 13.7. The fourth-order valence-corrected chi connectivity index (χ4v) is 6.88. The fraction of sp³-hybridized carbons (Fsp3) is 0.457. The predicted molar refractivity (Wildman–Crippen MR) is 170 cm³/mol. The Morgan fingerprint density at radius 1 is 1.09 bits per heavy atom. The molecule has 1 aromatic carbocycles. The smallest absolute Gasteiger partial charge is 0.411 e. The number of carbonyl (C=O) groups is 3. The first-order chi connectivity index (χ1) is 22.1. The van der Waals surface area contributed by atoms with E-state index in [0.717, 1.165) is 29.1 Å². The fourth-order valence-electron chi connectivity index (χ4n) is 6.88. The molecule has 1 aliphatic carbocycles. The van der Waals surface area contributed by atoms with Crippen LogP contribution in [-0.4, -0.2) is 64.2 Å². The van der Waals surface area contributed by atoms with Crippen LogP contribution in [0, 0.1) is 34.7 Å². The zero-order chi connectivity index (χ0) is 34.1. The number of piperidine rings is 1. The first kappa shape index (κ1) is 33.9. The van der Waals surface area contributed by atoms with Crippen molar-refractivity contribution in [2.75, 3.05) is 19.6 Å². The van der Waals surface area contributed by atoms with Crippen LogP contribution in [0.2, 0.25) is 0 Å². The lowest BCUT2D eigenvalue weighted by Crippen LogP contribution is -2.49. The van der Waals surface area contributed by atoms with Gasteiger partial charge in [0.15, 0.2) is 17.5 Å². The van der Waals surface area contributed by atoms with Crippen LogP contribution < -0.4 is 10.6 Å². The van der Waals surface area contributed by atoms with E-state index in [1.807, 2.05) is 56.3 Å². The molecule has 252 valence electrons. The van der Waals surface area contributed by atoms with Crippen LogP contribution in [0.1, 0.15) is 58.9 Å². The van der Waals surface area contributed by atoms with Crippen molar-refractivity contribution in [1.29, 1.82) is 0 Å². The number of aliphatic carboxylic acids is 1. The van der Waals surface area contributed by atoms with Gasteiger partial charge in [0.2, 0.25) is 5.91 Å². The third kappa shape index (κ3) is 7.58. The van der Waals surface area contributed by atoms with Crippen molar-refractivity contribution >= 4 is 24.0 Å². The van der Waals surface area contributed by atoms with Crippen molar-refractivity contribution in [3.8, 4) is 0 Å². The number of carboxylic acid groups (broad SMARTS) is 1. The molecule has 5 rings (SSSR count). The lowest BCUT2D eigenvalue weighted by atomic mass is 9.70. The molecule has 0 radical (unpaired) electrons. The molecule has 2 amide bonds. The van der Waals surface area contributed by atoms with Gasteiger partial charge >= 0.3 is 12.1 Å². The molecule has 47 heavy (non-hydrogen) atoms. The molecular formula is C35H41F3N4O5. The molecule has 0 spiro atoms. The van der Waals surface area contributed by atoms with Gasteiger partial charge in [-0.1, -0.05) is 6.08 Å². The number of nitrogens with one attached hydrogen (secondary N) is 2. The summed E-state index contributed by atoms with van der Waals surface area (Å²) in [5, 5.41) is 16.5. The molecule has 1 saturated heterocycles. The highest BCUT2D eigenvalue weighted by Gasteiger charge is 2.44. The van der Waals surface area contributed by atoms with Gasteiger partial charge in [-0.05, 0) is 101 Å². The summed E-state index contributed by atoms with van der Waals surface area (Å²) >= 11 is 0. The number of likely N-dealkylation sites (tertiary alicyclic amines) is 1. The molecule has 3 heterocycles. The maximum atomic E-state index is 13.5. The summed E-state index contributed by atoms with van der Waals surface area (Å²) in [5.74, 6) is -5.66. The molecule has 3 aliphatic heterocycles. The minimum absolute atomic E-state index is 0.0222. The Labute approximate surface area is 272 Å². The van der Waals surface area contributed by atoms with Crippen LogP contribution in [0.4, 0.5) is 18.0 Å². The standard InChI is InChI=1S/C35H41F3N4O5/c1-34(2,3)47-33(46)40-24-6-7-28-35(4,19-24)25(20-39-28)22-9-15-42(16-10-22)31(32(44)45)23-11-13-41(14-12-23)29(43)8-5-21-17-26(36)30(38)27(37)18-21/h5-9,15,17-18,20,22-23,31,39H,10-14,16,19H2,1-4H3,(H,40,46)(H,44,45)/b8-5+. The SMILES string of the molecule is CC(C)(C)OC(=O)NC1=CC=C2NC=C(C3C=CN(C(C(=O)O)C4CCN(C(=O)/C=C/c5cc(F)c(F)c(F)c5)CC4)CC3)C2(C)C1. The number of carboxylic acids is 1. The Kier molecular flexibility index (Phi) is 9.60. The second kappa shape index (κ2) is 13.3. The highest BCUT2D eigenvalue weighted by Crippen LogP contribution is 2.49. The third-order valence-corrected chi connectivity index (χ3v) is 9.21. The lowest BCUT2D eigenvalue weighted by molar-refractivity contribution is -0.145.